The minimum Gasteiger partial charge on any atom is -0.481 e. The van der Waals surface area contributed by atoms with Crippen LogP contribution in [0.25, 0.3) is 0 Å². The maximum atomic E-state index is 12.5. The predicted molar refractivity (Wildman–Crippen MR) is 90.0 cm³/mol. The average Bonchev–Trinajstić information content (AvgIpc) is 3.17. The van der Waals surface area contributed by atoms with Gasteiger partial charge in [0.1, 0.15) is 0 Å². The number of para-hydroxylation sites is 1. The summed E-state index contributed by atoms with van der Waals surface area (Å²) in [7, 11) is 0. The fourth-order valence-electron chi connectivity index (χ4n) is 2.68. The van der Waals surface area contributed by atoms with Gasteiger partial charge in [0.25, 0.3) is 5.91 Å². The van der Waals surface area contributed by atoms with E-state index in [1.165, 1.54) is 4.88 Å². The number of amides is 1. The van der Waals surface area contributed by atoms with Crippen LogP contribution in [0.5, 0.6) is 5.75 Å². The van der Waals surface area contributed by atoms with Crippen LogP contribution in [0.3, 0.4) is 0 Å². The second kappa shape index (κ2) is 6.90. The molecular formula is C16H15Cl2NO2S. The molecule has 1 fully saturated rings. The van der Waals surface area contributed by atoms with Crippen LogP contribution in [-0.4, -0.2) is 24.0 Å². The lowest BCUT2D eigenvalue weighted by molar-refractivity contribution is -0.134. The number of likely N-dealkylation sites (tertiary alicyclic amines) is 1. The van der Waals surface area contributed by atoms with Crippen molar-refractivity contribution < 1.29 is 9.53 Å². The standard InChI is InChI=1S/C16H15Cl2NO2S/c17-11-4-1-5-12(18)16(11)21-10-15(20)19-8-2-6-13(19)14-7-3-9-22-14/h1,3-5,7,9,13H,2,6,8,10H2. The molecule has 0 bridgehead atoms. The van der Waals surface area contributed by atoms with Crippen molar-refractivity contribution in [3.8, 4) is 5.75 Å². The molecule has 1 aromatic carbocycles. The minimum absolute atomic E-state index is 0.0353. The number of carbonyl (C=O) groups excluding carboxylic acids is 1. The Balaban J connectivity index is 1.67. The number of benzene rings is 1. The normalized spacial score (nSPS) is 17.7. The molecule has 1 aliphatic heterocycles. The van der Waals surface area contributed by atoms with Crippen LogP contribution >= 0.6 is 34.5 Å². The first-order chi connectivity index (χ1) is 10.7. The quantitative estimate of drug-likeness (QED) is 0.788. The molecule has 3 rings (SSSR count). The highest BCUT2D eigenvalue weighted by atomic mass is 35.5. The van der Waals surface area contributed by atoms with Gasteiger partial charge >= 0.3 is 0 Å². The summed E-state index contributed by atoms with van der Waals surface area (Å²) in [5.41, 5.74) is 0. The van der Waals surface area contributed by atoms with Crippen molar-refractivity contribution >= 4 is 40.4 Å². The summed E-state index contributed by atoms with van der Waals surface area (Å²) >= 11 is 13.8. The Morgan fingerprint density at radius 3 is 2.73 bits per heavy atom. The van der Waals surface area contributed by atoms with Crippen molar-refractivity contribution in [2.45, 2.75) is 18.9 Å². The Kier molecular flexibility index (Phi) is 4.91. The van der Waals surface area contributed by atoms with Crippen LogP contribution in [-0.2, 0) is 4.79 Å². The summed E-state index contributed by atoms with van der Waals surface area (Å²) < 4.78 is 5.56. The number of halogens is 2. The van der Waals surface area contributed by atoms with Crippen LogP contribution < -0.4 is 4.74 Å². The highest BCUT2D eigenvalue weighted by molar-refractivity contribution is 7.10. The van der Waals surface area contributed by atoms with Gasteiger partial charge in [-0.15, -0.1) is 11.3 Å². The van der Waals surface area contributed by atoms with E-state index in [9.17, 15) is 4.79 Å². The fourth-order valence-corrected chi connectivity index (χ4v) is 4.06. The van der Waals surface area contributed by atoms with Gasteiger partial charge < -0.3 is 9.64 Å². The van der Waals surface area contributed by atoms with Crippen LogP contribution in [0.15, 0.2) is 35.7 Å². The van der Waals surface area contributed by atoms with Crippen molar-refractivity contribution in [3.63, 3.8) is 0 Å². The maximum Gasteiger partial charge on any atom is 0.261 e. The smallest absolute Gasteiger partial charge is 0.261 e. The van der Waals surface area contributed by atoms with Gasteiger partial charge in [-0.2, -0.15) is 0 Å². The summed E-state index contributed by atoms with van der Waals surface area (Å²) in [6.07, 6.45) is 2.01. The van der Waals surface area contributed by atoms with E-state index in [4.69, 9.17) is 27.9 Å². The summed E-state index contributed by atoms with van der Waals surface area (Å²) in [6.45, 7) is 0.715. The summed E-state index contributed by atoms with van der Waals surface area (Å²) in [5.74, 6) is 0.331. The second-order valence-corrected chi connectivity index (χ2v) is 6.89. The molecule has 2 aromatic rings. The molecule has 0 aliphatic carbocycles. The third kappa shape index (κ3) is 3.24. The van der Waals surface area contributed by atoms with Gasteiger partial charge in [0, 0.05) is 11.4 Å². The minimum atomic E-state index is -0.0503. The largest absolute Gasteiger partial charge is 0.481 e. The molecule has 0 radical (unpaired) electrons. The first-order valence-corrected chi connectivity index (χ1v) is 8.70. The summed E-state index contributed by atoms with van der Waals surface area (Å²) in [4.78, 5) is 15.6. The number of hydrogen-bond acceptors (Lipinski definition) is 3. The lowest BCUT2D eigenvalue weighted by Gasteiger charge is -2.24. The predicted octanol–water partition coefficient (Wildman–Crippen LogP) is 4.80. The van der Waals surface area contributed by atoms with Crippen LogP contribution in [0, 0.1) is 0 Å². The Bertz CT molecular complexity index is 640. The topological polar surface area (TPSA) is 29.5 Å². The number of carbonyl (C=O) groups is 1. The zero-order valence-electron chi connectivity index (χ0n) is 11.8. The highest BCUT2D eigenvalue weighted by Gasteiger charge is 2.30. The molecular weight excluding hydrogens is 341 g/mol. The molecule has 1 aliphatic rings. The van der Waals surface area contributed by atoms with E-state index in [2.05, 4.69) is 6.07 Å². The molecule has 0 saturated carbocycles. The molecule has 1 unspecified atom stereocenters. The lowest BCUT2D eigenvalue weighted by Crippen LogP contribution is -2.34. The molecule has 3 nitrogen and oxygen atoms in total. The molecule has 0 spiro atoms. The van der Waals surface area contributed by atoms with Crippen molar-refractivity contribution in [1.82, 2.24) is 4.90 Å². The van der Waals surface area contributed by atoms with Crippen molar-refractivity contribution in [2.75, 3.05) is 13.2 Å². The van der Waals surface area contributed by atoms with Gasteiger partial charge in [-0.05, 0) is 36.4 Å². The molecule has 1 aromatic heterocycles. The van der Waals surface area contributed by atoms with Gasteiger partial charge in [-0.1, -0.05) is 35.3 Å². The van der Waals surface area contributed by atoms with E-state index in [-0.39, 0.29) is 18.6 Å². The lowest BCUT2D eigenvalue weighted by atomic mass is 10.2. The van der Waals surface area contributed by atoms with Crippen LogP contribution in [0.4, 0.5) is 0 Å². The molecule has 1 amide bonds. The average molecular weight is 356 g/mol. The summed E-state index contributed by atoms with van der Waals surface area (Å²) in [5, 5.41) is 2.86. The summed E-state index contributed by atoms with van der Waals surface area (Å²) in [6, 6.07) is 9.38. The number of thiophene rings is 1. The SMILES string of the molecule is O=C(COc1c(Cl)cccc1Cl)N1CCCC1c1cccs1. The van der Waals surface area contributed by atoms with Crippen LogP contribution in [0.1, 0.15) is 23.8 Å². The van der Waals surface area contributed by atoms with Crippen molar-refractivity contribution in [2.24, 2.45) is 0 Å². The highest BCUT2D eigenvalue weighted by Crippen LogP contribution is 2.35. The molecule has 6 heteroatoms. The number of nitrogens with zero attached hydrogens (tertiary/aromatic N) is 1. The Hall–Kier alpha value is -1.23. The van der Waals surface area contributed by atoms with Gasteiger partial charge in [-0.25, -0.2) is 0 Å². The van der Waals surface area contributed by atoms with Crippen molar-refractivity contribution in [1.29, 1.82) is 0 Å². The number of ether oxygens (including phenoxy) is 1. The van der Waals surface area contributed by atoms with E-state index in [1.54, 1.807) is 29.5 Å². The van der Waals surface area contributed by atoms with E-state index >= 15 is 0 Å². The molecule has 0 N–H and O–H groups in total. The zero-order chi connectivity index (χ0) is 15.5. The van der Waals surface area contributed by atoms with Gasteiger partial charge in [0.15, 0.2) is 12.4 Å². The zero-order valence-corrected chi connectivity index (χ0v) is 14.1. The van der Waals surface area contributed by atoms with E-state index in [0.717, 1.165) is 19.4 Å². The second-order valence-electron chi connectivity index (χ2n) is 5.10. The van der Waals surface area contributed by atoms with Crippen molar-refractivity contribution in [3.05, 3.63) is 50.6 Å². The van der Waals surface area contributed by atoms with E-state index < -0.39 is 0 Å². The van der Waals surface area contributed by atoms with Gasteiger partial charge in [-0.3, -0.25) is 4.79 Å². The molecule has 2 heterocycles. The first kappa shape index (κ1) is 15.7. The molecule has 1 saturated heterocycles. The number of hydrogen-bond donors (Lipinski definition) is 0. The number of rotatable bonds is 4. The molecule has 1 atom stereocenters. The van der Waals surface area contributed by atoms with Gasteiger partial charge in [0.2, 0.25) is 0 Å². The Morgan fingerprint density at radius 1 is 1.27 bits per heavy atom. The third-order valence-corrected chi connectivity index (χ3v) is 5.27. The van der Waals surface area contributed by atoms with Crippen LogP contribution in [0.2, 0.25) is 10.0 Å². The fraction of sp³-hybridized carbons (Fsp3) is 0.312. The molecule has 116 valence electrons. The third-order valence-electron chi connectivity index (χ3n) is 3.70. The van der Waals surface area contributed by atoms with E-state index in [0.29, 0.717) is 15.8 Å². The van der Waals surface area contributed by atoms with E-state index in [1.807, 2.05) is 16.3 Å². The Morgan fingerprint density at radius 2 is 2.05 bits per heavy atom. The maximum absolute atomic E-state index is 12.5. The molecule has 22 heavy (non-hydrogen) atoms. The van der Waals surface area contributed by atoms with Gasteiger partial charge in [0.05, 0.1) is 16.1 Å². The Labute approximate surface area is 143 Å². The first-order valence-electron chi connectivity index (χ1n) is 7.06. The monoisotopic (exact) mass is 355 g/mol.